The van der Waals surface area contributed by atoms with Gasteiger partial charge in [0.15, 0.2) is 5.16 Å². The topological polar surface area (TPSA) is 59.8 Å². The van der Waals surface area contributed by atoms with Gasteiger partial charge in [-0.1, -0.05) is 48.2 Å². The molecule has 0 spiro atoms. The van der Waals surface area contributed by atoms with Crippen molar-refractivity contribution in [3.05, 3.63) is 71.0 Å². The van der Waals surface area contributed by atoms with E-state index in [1.165, 1.54) is 17.3 Å². The average Bonchev–Trinajstić information content (AvgIpc) is 2.93. The number of rotatable bonds is 6. The van der Waals surface area contributed by atoms with E-state index in [9.17, 15) is 4.79 Å². The number of nitrogens with zero attached hydrogens (tertiary/aromatic N) is 3. The van der Waals surface area contributed by atoms with Gasteiger partial charge in [0, 0.05) is 5.69 Å². The van der Waals surface area contributed by atoms with E-state index in [0.29, 0.717) is 12.3 Å². The summed E-state index contributed by atoms with van der Waals surface area (Å²) in [6, 6.07) is 16.2. The number of amides is 1. The van der Waals surface area contributed by atoms with Crippen LogP contribution in [0.2, 0.25) is 0 Å². The standard InChI is InChI=1S/C20H22N4OS/c1-14-9-15(2)11-18(10-14)21-19(25)13-26-20-23-22-16(3)24(20)12-17-7-5-4-6-8-17/h4-11H,12-13H2,1-3H3,(H,21,25). The summed E-state index contributed by atoms with van der Waals surface area (Å²) in [5.41, 5.74) is 4.27. The van der Waals surface area contributed by atoms with Crippen molar-refractivity contribution in [1.29, 1.82) is 0 Å². The molecule has 1 amide bonds. The lowest BCUT2D eigenvalue weighted by Gasteiger charge is -2.09. The molecule has 0 aliphatic heterocycles. The van der Waals surface area contributed by atoms with E-state index in [2.05, 4.69) is 33.7 Å². The minimum atomic E-state index is -0.0492. The number of thioether (sulfide) groups is 1. The number of carbonyl (C=O) groups excluding carboxylic acids is 1. The molecule has 0 saturated carbocycles. The van der Waals surface area contributed by atoms with E-state index in [1.54, 1.807) is 0 Å². The lowest BCUT2D eigenvalue weighted by molar-refractivity contribution is -0.113. The molecule has 6 heteroatoms. The number of hydrogen-bond acceptors (Lipinski definition) is 4. The fourth-order valence-electron chi connectivity index (χ4n) is 2.79. The SMILES string of the molecule is Cc1cc(C)cc(NC(=O)CSc2nnc(C)n2Cc2ccccc2)c1. The monoisotopic (exact) mass is 366 g/mol. The molecule has 1 N–H and O–H groups in total. The molecule has 0 saturated heterocycles. The minimum Gasteiger partial charge on any atom is -0.325 e. The van der Waals surface area contributed by atoms with Gasteiger partial charge in [0.05, 0.1) is 12.3 Å². The second-order valence-electron chi connectivity index (χ2n) is 6.31. The van der Waals surface area contributed by atoms with Crippen LogP contribution in [0, 0.1) is 20.8 Å². The fraction of sp³-hybridized carbons (Fsp3) is 0.250. The Balaban J connectivity index is 1.63. The molecule has 134 valence electrons. The van der Waals surface area contributed by atoms with E-state index in [4.69, 9.17) is 0 Å². The number of nitrogens with one attached hydrogen (secondary N) is 1. The Labute approximate surface area is 157 Å². The predicted molar refractivity (Wildman–Crippen MR) is 106 cm³/mol. The van der Waals surface area contributed by atoms with Gasteiger partial charge in [-0.2, -0.15) is 0 Å². The van der Waals surface area contributed by atoms with Crippen molar-refractivity contribution < 1.29 is 4.79 Å². The molecule has 2 aromatic carbocycles. The van der Waals surface area contributed by atoms with Gasteiger partial charge >= 0.3 is 0 Å². The zero-order valence-corrected chi connectivity index (χ0v) is 16.0. The van der Waals surface area contributed by atoms with Crippen molar-refractivity contribution in [2.45, 2.75) is 32.5 Å². The van der Waals surface area contributed by atoms with Crippen LogP contribution in [0.1, 0.15) is 22.5 Å². The third-order valence-corrected chi connectivity index (χ3v) is 4.89. The van der Waals surface area contributed by atoms with E-state index in [1.807, 2.05) is 55.7 Å². The number of anilines is 1. The Bertz CT molecular complexity index is 885. The molecular weight excluding hydrogens is 344 g/mol. The van der Waals surface area contributed by atoms with Crippen LogP contribution in [-0.4, -0.2) is 26.4 Å². The van der Waals surface area contributed by atoms with Crippen LogP contribution >= 0.6 is 11.8 Å². The Kier molecular flexibility index (Phi) is 5.73. The summed E-state index contributed by atoms with van der Waals surface area (Å²) in [4.78, 5) is 12.3. The van der Waals surface area contributed by atoms with E-state index < -0.39 is 0 Å². The third-order valence-electron chi connectivity index (χ3n) is 3.92. The van der Waals surface area contributed by atoms with Crippen LogP contribution in [0.25, 0.3) is 0 Å². The van der Waals surface area contributed by atoms with Gasteiger partial charge < -0.3 is 9.88 Å². The molecule has 0 aliphatic carbocycles. The quantitative estimate of drug-likeness (QED) is 0.670. The van der Waals surface area contributed by atoms with Crippen molar-refractivity contribution in [2.75, 3.05) is 11.1 Å². The minimum absolute atomic E-state index is 0.0492. The van der Waals surface area contributed by atoms with Gasteiger partial charge in [0.1, 0.15) is 5.82 Å². The Hall–Kier alpha value is -2.60. The summed E-state index contributed by atoms with van der Waals surface area (Å²) in [5.74, 6) is 1.08. The van der Waals surface area contributed by atoms with Crippen LogP contribution < -0.4 is 5.32 Å². The van der Waals surface area contributed by atoms with Crippen molar-refractivity contribution >= 4 is 23.4 Å². The molecule has 0 aliphatic rings. The number of carbonyl (C=O) groups is 1. The Morgan fingerprint density at radius 3 is 2.42 bits per heavy atom. The lowest BCUT2D eigenvalue weighted by Crippen LogP contribution is -2.15. The summed E-state index contributed by atoms with van der Waals surface area (Å²) < 4.78 is 2.03. The molecule has 0 fully saturated rings. The van der Waals surface area contributed by atoms with Gasteiger partial charge in [-0.25, -0.2) is 0 Å². The second kappa shape index (κ2) is 8.19. The molecule has 0 atom stereocenters. The highest BCUT2D eigenvalue weighted by molar-refractivity contribution is 7.99. The molecule has 0 radical (unpaired) electrons. The number of hydrogen-bond donors (Lipinski definition) is 1. The van der Waals surface area contributed by atoms with Crippen LogP contribution in [0.15, 0.2) is 53.7 Å². The molecule has 1 aromatic heterocycles. The van der Waals surface area contributed by atoms with Crippen molar-refractivity contribution in [1.82, 2.24) is 14.8 Å². The zero-order valence-electron chi connectivity index (χ0n) is 15.2. The summed E-state index contributed by atoms with van der Waals surface area (Å²) in [6.07, 6.45) is 0. The van der Waals surface area contributed by atoms with E-state index in [0.717, 1.165) is 27.8 Å². The van der Waals surface area contributed by atoms with E-state index >= 15 is 0 Å². The van der Waals surface area contributed by atoms with Crippen molar-refractivity contribution in [3.63, 3.8) is 0 Å². The maximum Gasteiger partial charge on any atom is 0.234 e. The number of benzene rings is 2. The highest BCUT2D eigenvalue weighted by Crippen LogP contribution is 2.20. The maximum absolute atomic E-state index is 12.3. The second-order valence-corrected chi connectivity index (χ2v) is 7.26. The number of aromatic nitrogens is 3. The normalized spacial score (nSPS) is 10.7. The summed E-state index contributed by atoms with van der Waals surface area (Å²) in [5, 5.41) is 12.1. The first-order chi connectivity index (χ1) is 12.5. The first-order valence-corrected chi connectivity index (χ1v) is 9.44. The van der Waals surface area contributed by atoms with Gasteiger partial charge in [-0.05, 0) is 49.6 Å². The molecule has 3 aromatic rings. The third kappa shape index (κ3) is 4.73. The fourth-order valence-corrected chi connectivity index (χ4v) is 3.57. The summed E-state index contributed by atoms with van der Waals surface area (Å²) >= 11 is 1.40. The molecule has 1 heterocycles. The molecular formula is C20H22N4OS. The van der Waals surface area contributed by atoms with Gasteiger partial charge in [0.25, 0.3) is 0 Å². The Morgan fingerprint density at radius 1 is 1.04 bits per heavy atom. The predicted octanol–water partition coefficient (Wildman–Crippen LogP) is 3.98. The molecule has 5 nitrogen and oxygen atoms in total. The first-order valence-electron chi connectivity index (χ1n) is 8.46. The van der Waals surface area contributed by atoms with Crippen LogP contribution in [-0.2, 0) is 11.3 Å². The van der Waals surface area contributed by atoms with Crippen LogP contribution in [0.5, 0.6) is 0 Å². The Morgan fingerprint density at radius 2 is 1.73 bits per heavy atom. The zero-order chi connectivity index (χ0) is 18.5. The molecule has 26 heavy (non-hydrogen) atoms. The van der Waals surface area contributed by atoms with Gasteiger partial charge in [0.2, 0.25) is 5.91 Å². The molecule has 0 unspecified atom stereocenters. The van der Waals surface area contributed by atoms with Gasteiger partial charge in [-0.15, -0.1) is 10.2 Å². The highest BCUT2D eigenvalue weighted by Gasteiger charge is 2.12. The van der Waals surface area contributed by atoms with Crippen LogP contribution in [0.4, 0.5) is 5.69 Å². The highest BCUT2D eigenvalue weighted by atomic mass is 32.2. The summed E-state index contributed by atoms with van der Waals surface area (Å²) in [7, 11) is 0. The van der Waals surface area contributed by atoms with Crippen molar-refractivity contribution in [3.8, 4) is 0 Å². The molecule has 3 rings (SSSR count). The number of aryl methyl sites for hydroxylation is 3. The van der Waals surface area contributed by atoms with Crippen LogP contribution in [0.3, 0.4) is 0 Å². The maximum atomic E-state index is 12.3. The molecule has 0 bridgehead atoms. The first kappa shape index (κ1) is 18.2. The van der Waals surface area contributed by atoms with E-state index in [-0.39, 0.29) is 5.91 Å². The smallest absolute Gasteiger partial charge is 0.234 e. The largest absolute Gasteiger partial charge is 0.325 e. The average molecular weight is 366 g/mol. The summed E-state index contributed by atoms with van der Waals surface area (Å²) in [6.45, 7) is 6.66. The van der Waals surface area contributed by atoms with Gasteiger partial charge in [-0.3, -0.25) is 4.79 Å². The lowest BCUT2D eigenvalue weighted by atomic mass is 10.1. The van der Waals surface area contributed by atoms with Crippen molar-refractivity contribution in [2.24, 2.45) is 0 Å².